The van der Waals surface area contributed by atoms with Crippen LogP contribution in [0.5, 0.6) is 0 Å². The molecule has 9 nitrogen and oxygen atoms in total. The minimum Gasteiger partial charge on any atom is -0.456 e. The van der Waals surface area contributed by atoms with E-state index in [9.17, 15) is 19.0 Å². The van der Waals surface area contributed by atoms with Crippen molar-refractivity contribution in [1.82, 2.24) is 5.32 Å². The van der Waals surface area contributed by atoms with Crippen molar-refractivity contribution in [2.75, 3.05) is 40.9 Å². The molecule has 0 aliphatic heterocycles. The molecule has 0 aliphatic rings. The average Bonchev–Trinajstić information content (AvgIpc) is 3.44. The van der Waals surface area contributed by atoms with Crippen LogP contribution in [0.15, 0.2) is 122 Å². The molecule has 0 fully saturated rings. The minimum atomic E-state index is -4.47. The number of rotatable bonds is 58. The summed E-state index contributed by atoms with van der Waals surface area (Å²) in [5.74, 6) is -0.569. The zero-order valence-electron chi connectivity index (χ0n) is 53.0. The SMILES string of the molecule is CC/C=C\C/C=C\C/C=C\C/C=C\C/C=C\C/C=C\CCCCC(=O)NC(COP(=O)(O)OCC[N+](C)(C)C)C(/C=C/CCCCCCCCCCCCC)OC(=O)CCCCCCCCCC/C=C\C/C=C\C/C=C\CCCCC. The molecule has 0 aliphatic carbocycles. The highest BCUT2D eigenvalue weighted by Crippen LogP contribution is 2.43. The molecule has 464 valence electrons. The number of carbonyl (C=O) groups is 2. The molecule has 10 heteroatoms. The van der Waals surface area contributed by atoms with E-state index in [2.05, 4.69) is 135 Å². The number of carbonyl (C=O) groups excluding carboxylic acids is 2. The maximum atomic E-state index is 13.6. The van der Waals surface area contributed by atoms with Gasteiger partial charge in [-0.25, -0.2) is 4.57 Å². The summed E-state index contributed by atoms with van der Waals surface area (Å²) in [6, 6.07) is -0.884. The van der Waals surface area contributed by atoms with Crippen molar-refractivity contribution < 1.29 is 37.3 Å². The molecule has 0 aromatic heterocycles. The number of allylic oxidation sites excluding steroid dienone is 19. The highest BCUT2D eigenvalue weighted by Gasteiger charge is 2.30. The van der Waals surface area contributed by atoms with Crippen molar-refractivity contribution in [2.24, 2.45) is 0 Å². The van der Waals surface area contributed by atoms with Crippen LogP contribution in [0.25, 0.3) is 0 Å². The molecular formula is C71H124N2O7P+. The Labute approximate surface area is 499 Å². The predicted molar refractivity (Wildman–Crippen MR) is 350 cm³/mol. The number of phosphoric ester groups is 1. The lowest BCUT2D eigenvalue weighted by molar-refractivity contribution is -0.870. The van der Waals surface area contributed by atoms with Crippen LogP contribution in [0, 0.1) is 0 Å². The van der Waals surface area contributed by atoms with Gasteiger partial charge >= 0.3 is 13.8 Å². The van der Waals surface area contributed by atoms with E-state index in [1.54, 1.807) is 0 Å². The minimum absolute atomic E-state index is 0.0240. The van der Waals surface area contributed by atoms with Gasteiger partial charge in [0.2, 0.25) is 5.91 Å². The van der Waals surface area contributed by atoms with Crippen LogP contribution in [0.3, 0.4) is 0 Å². The number of unbranched alkanes of at least 4 members (excludes halogenated alkanes) is 24. The fourth-order valence-electron chi connectivity index (χ4n) is 8.83. The van der Waals surface area contributed by atoms with E-state index in [1.165, 1.54) is 109 Å². The average molecular weight is 1150 g/mol. The van der Waals surface area contributed by atoms with E-state index in [0.717, 1.165) is 116 Å². The quantitative estimate of drug-likeness (QED) is 0.0205. The summed E-state index contributed by atoms with van der Waals surface area (Å²) < 4.78 is 30.7. The van der Waals surface area contributed by atoms with Crippen LogP contribution in [0.2, 0.25) is 0 Å². The summed E-state index contributed by atoms with van der Waals surface area (Å²) in [5.41, 5.74) is 0. The summed E-state index contributed by atoms with van der Waals surface area (Å²) >= 11 is 0. The lowest BCUT2D eigenvalue weighted by Crippen LogP contribution is -2.47. The predicted octanol–water partition coefficient (Wildman–Crippen LogP) is 20.7. The third-order valence-electron chi connectivity index (χ3n) is 13.9. The van der Waals surface area contributed by atoms with Gasteiger partial charge in [-0.05, 0) is 122 Å². The second kappa shape index (κ2) is 59.6. The molecule has 0 aromatic carbocycles. The Balaban J connectivity index is 5.33. The van der Waals surface area contributed by atoms with Gasteiger partial charge < -0.3 is 19.4 Å². The van der Waals surface area contributed by atoms with Crippen LogP contribution in [0.1, 0.15) is 265 Å². The summed E-state index contributed by atoms with van der Waals surface area (Å²) in [7, 11) is 1.45. The van der Waals surface area contributed by atoms with Crippen molar-refractivity contribution in [3.05, 3.63) is 122 Å². The lowest BCUT2D eigenvalue weighted by atomic mass is 10.0. The van der Waals surface area contributed by atoms with Crippen molar-refractivity contribution in [2.45, 2.75) is 277 Å². The molecule has 81 heavy (non-hydrogen) atoms. The van der Waals surface area contributed by atoms with Crippen LogP contribution in [0.4, 0.5) is 0 Å². The van der Waals surface area contributed by atoms with Gasteiger partial charge in [0, 0.05) is 12.8 Å². The van der Waals surface area contributed by atoms with Gasteiger partial charge in [-0.1, -0.05) is 252 Å². The number of likely N-dealkylation sites (N-methyl/N-ethyl adjacent to an activating group) is 1. The molecular weight excluding hydrogens is 1020 g/mol. The number of hydrogen-bond acceptors (Lipinski definition) is 6. The van der Waals surface area contributed by atoms with E-state index in [0.29, 0.717) is 17.4 Å². The molecule has 0 bridgehead atoms. The van der Waals surface area contributed by atoms with Gasteiger partial charge in [-0.3, -0.25) is 18.6 Å². The van der Waals surface area contributed by atoms with Gasteiger partial charge in [-0.2, -0.15) is 0 Å². The first kappa shape index (κ1) is 77.4. The Morgan fingerprint density at radius 2 is 0.790 bits per heavy atom. The van der Waals surface area contributed by atoms with Crippen molar-refractivity contribution in [3.8, 4) is 0 Å². The number of ether oxygens (including phenoxy) is 1. The fourth-order valence-corrected chi connectivity index (χ4v) is 9.57. The molecule has 0 radical (unpaired) electrons. The molecule has 0 heterocycles. The summed E-state index contributed by atoms with van der Waals surface area (Å²) in [6.45, 7) is 6.83. The smallest absolute Gasteiger partial charge is 0.456 e. The summed E-state index contributed by atoms with van der Waals surface area (Å²) in [4.78, 5) is 37.8. The van der Waals surface area contributed by atoms with E-state index in [-0.39, 0.29) is 37.9 Å². The van der Waals surface area contributed by atoms with E-state index < -0.39 is 20.0 Å². The van der Waals surface area contributed by atoms with Crippen LogP contribution in [-0.2, 0) is 27.9 Å². The molecule has 3 atom stereocenters. The molecule has 0 saturated heterocycles. The highest BCUT2D eigenvalue weighted by atomic mass is 31.2. The normalized spacial score (nSPS) is 14.4. The number of nitrogens with one attached hydrogen (secondary N) is 1. The standard InChI is InChI=1S/C71H123N2O7P/c1-7-10-13-16-19-22-25-28-30-32-34-36-38-40-42-45-48-51-54-57-60-63-70(74)72-68(67-79-81(76,77)78-66-65-73(4,5)6)69(62-59-56-53-50-47-44-27-24-21-18-15-12-9-3)80-71(75)64-61-58-55-52-49-46-43-41-39-37-35-33-31-29-26-23-20-17-14-11-8-2/h10,13,19-20,22-23,28-31,34-37,40,42,48,51,59,62,68-69H,7-9,11-12,14-18,21,24-27,32-33,38-39,41,43-47,49-50,52-58,60-61,63-67H2,1-6H3,(H-,72,74,76,77)/p+1/b13-10-,22-19-,23-20-,30-28-,31-29-,36-34-,37-35-,42-40-,51-48-,62-59+. The number of nitrogens with zero attached hydrogens (tertiary/aromatic N) is 1. The number of hydrogen-bond donors (Lipinski definition) is 2. The van der Waals surface area contributed by atoms with Crippen LogP contribution < -0.4 is 5.32 Å². The maximum Gasteiger partial charge on any atom is 0.472 e. The monoisotopic (exact) mass is 1150 g/mol. The molecule has 1 amide bonds. The van der Waals surface area contributed by atoms with Crippen molar-refractivity contribution in [3.63, 3.8) is 0 Å². The van der Waals surface area contributed by atoms with Crippen LogP contribution >= 0.6 is 7.82 Å². The fraction of sp³-hybridized carbons (Fsp3) is 0.690. The zero-order chi connectivity index (χ0) is 59.3. The second-order valence-corrected chi connectivity index (χ2v) is 24.4. The Hall–Kier alpha value is -3.59. The number of esters is 1. The second-order valence-electron chi connectivity index (χ2n) is 22.9. The molecule has 0 rings (SSSR count). The highest BCUT2D eigenvalue weighted by molar-refractivity contribution is 7.47. The van der Waals surface area contributed by atoms with Crippen molar-refractivity contribution in [1.29, 1.82) is 0 Å². The van der Waals surface area contributed by atoms with Gasteiger partial charge in [0.25, 0.3) is 0 Å². The molecule has 3 unspecified atom stereocenters. The summed E-state index contributed by atoms with van der Waals surface area (Å²) in [5, 5.41) is 3.03. The first-order valence-electron chi connectivity index (χ1n) is 32.9. The summed E-state index contributed by atoms with van der Waals surface area (Å²) in [6.07, 6.45) is 83.4. The molecule has 0 saturated carbocycles. The third kappa shape index (κ3) is 60.8. The van der Waals surface area contributed by atoms with Gasteiger partial charge in [0.05, 0.1) is 33.8 Å². The Bertz CT molecular complexity index is 1800. The number of amides is 1. The molecule has 0 aromatic rings. The maximum absolute atomic E-state index is 13.6. The first-order valence-corrected chi connectivity index (χ1v) is 34.4. The third-order valence-corrected chi connectivity index (χ3v) is 14.9. The van der Waals surface area contributed by atoms with Crippen molar-refractivity contribution >= 4 is 19.7 Å². The van der Waals surface area contributed by atoms with Gasteiger partial charge in [0.1, 0.15) is 19.3 Å². The molecule has 0 spiro atoms. The Morgan fingerprint density at radius 3 is 1.22 bits per heavy atom. The topological polar surface area (TPSA) is 111 Å². The van der Waals surface area contributed by atoms with E-state index in [4.69, 9.17) is 13.8 Å². The largest absolute Gasteiger partial charge is 0.472 e. The number of phosphoric acid groups is 1. The first-order chi connectivity index (χ1) is 39.4. The van der Waals surface area contributed by atoms with Gasteiger partial charge in [0.15, 0.2) is 0 Å². The van der Waals surface area contributed by atoms with Gasteiger partial charge in [-0.15, -0.1) is 0 Å². The number of quaternary nitrogens is 1. The van der Waals surface area contributed by atoms with E-state index >= 15 is 0 Å². The van der Waals surface area contributed by atoms with Crippen LogP contribution in [-0.4, -0.2) is 74.3 Å². The Morgan fingerprint density at radius 1 is 0.444 bits per heavy atom. The molecule has 2 N–H and O–H groups in total. The lowest BCUT2D eigenvalue weighted by Gasteiger charge is -2.27. The van der Waals surface area contributed by atoms with E-state index in [1.807, 2.05) is 33.3 Å². The zero-order valence-corrected chi connectivity index (χ0v) is 53.9. The Kier molecular flexibility index (Phi) is 56.9.